The van der Waals surface area contributed by atoms with E-state index in [9.17, 15) is 26.4 Å². The molecule has 2 fully saturated rings. The maximum atomic E-state index is 13.3. The van der Waals surface area contributed by atoms with Gasteiger partial charge in [-0.2, -0.15) is 13.2 Å². The van der Waals surface area contributed by atoms with Crippen LogP contribution in [0.1, 0.15) is 53.4 Å². The zero-order chi connectivity index (χ0) is 31.9. The SMILES string of the molecule is CC(=O)OB(NS(=O)(=O)c1ccccc1)c1ccc(-n2ccc(OCCC3(C(F)(F)F)CC3)n2)nc1N1CC(C)CC1(C)C. The van der Waals surface area contributed by atoms with E-state index in [2.05, 4.69) is 35.4 Å². The molecule has 1 aliphatic heterocycles. The first-order chi connectivity index (χ1) is 20.6. The number of aromatic nitrogens is 3. The number of carbonyl (C=O) groups is 1. The van der Waals surface area contributed by atoms with Gasteiger partial charge < -0.3 is 14.3 Å². The Morgan fingerprint density at radius 2 is 1.84 bits per heavy atom. The van der Waals surface area contributed by atoms with Crippen LogP contribution in [0.4, 0.5) is 19.0 Å². The Morgan fingerprint density at radius 3 is 2.43 bits per heavy atom. The fourth-order valence-electron chi connectivity index (χ4n) is 5.77. The molecule has 10 nitrogen and oxygen atoms in total. The highest BCUT2D eigenvalue weighted by Crippen LogP contribution is 2.59. The molecule has 3 aromatic rings. The van der Waals surface area contributed by atoms with Crippen molar-refractivity contribution in [2.45, 2.75) is 70.0 Å². The lowest BCUT2D eigenvalue weighted by molar-refractivity contribution is -0.190. The van der Waals surface area contributed by atoms with E-state index in [0.29, 0.717) is 29.6 Å². The number of ether oxygens (including phenoxy) is 1. The van der Waals surface area contributed by atoms with E-state index >= 15 is 0 Å². The minimum atomic E-state index is -4.25. The van der Waals surface area contributed by atoms with Crippen LogP contribution < -0.4 is 19.7 Å². The highest BCUT2D eigenvalue weighted by Gasteiger charge is 2.62. The van der Waals surface area contributed by atoms with Crippen LogP contribution in [0.15, 0.2) is 59.6 Å². The lowest BCUT2D eigenvalue weighted by Crippen LogP contribution is -2.54. The lowest BCUT2D eigenvalue weighted by atomic mass is 9.74. The first-order valence-corrected chi connectivity index (χ1v) is 15.9. The summed E-state index contributed by atoms with van der Waals surface area (Å²) in [7, 11) is -5.48. The third-order valence-corrected chi connectivity index (χ3v) is 9.60. The Bertz CT molecular complexity index is 1610. The minimum Gasteiger partial charge on any atom is -0.515 e. The standard InChI is InChI=1S/C29H35BF3N5O5S/c1-20-18-27(3,4)37(19-20)26-23(30(43-21(2)39)36-44(40,41)22-8-6-5-7-9-22)10-11-24(34-26)38-16-12-25(35-38)42-17-15-28(13-14-28)29(31,32)33/h5-12,16,20,36H,13-15,17-19H2,1-4H3. The summed E-state index contributed by atoms with van der Waals surface area (Å²) in [5.41, 5.74) is -1.70. The number of anilines is 1. The zero-order valence-electron chi connectivity index (χ0n) is 25.0. The van der Waals surface area contributed by atoms with Crippen molar-refractivity contribution in [3.05, 3.63) is 54.7 Å². The molecule has 15 heteroatoms. The second-order valence-corrected chi connectivity index (χ2v) is 13.9. The molecular weight excluding hydrogens is 598 g/mol. The number of nitrogens with one attached hydrogen (secondary N) is 1. The molecule has 1 saturated heterocycles. The van der Waals surface area contributed by atoms with Crippen molar-refractivity contribution < 1.29 is 35.8 Å². The monoisotopic (exact) mass is 633 g/mol. The van der Waals surface area contributed by atoms with Gasteiger partial charge in [0.25, 0.3) is 5.97 Å². The first-order valence-electron chi connectivity index (χ1n) is 14.4. The van der Waals surface area contributed by atoms with E-state index in [1.165, 1.54) is 23.7 Å². The number of hydrogen-bond acceptors (Lipinski definition) is 8. The molecule has 3 heterocycles. The third kappa shape index (κ3) is 6.73. The summed E-state index contributed by atoms with van der Waals surface area (Å²) >= 11 is 0. The fourth-order valence-corrected chi connectivity index (χ4v) is 6.88. The summed E-state index contributed by atoms with van der Waals surface area (Å²) in [6, 6.07) is 12.5. The second-order valence-electron chi connectivity index (χ2n) is 12.2. The van der Waals surface area contributed by atoms with Crippen LogP contribution in [-0.4, -0.2) is 61.1 Å². The van der Waals surface area contributed by atoms with Gasteiger partial charge in [-0.1, -0.05) is 31.2 Å². The number of pyridine rings is 1. The summed E-state index contributed by atoms with van der Waals surface area (Å²) in [6.07, 6.45) is -1.76. The normalized spacial score (nSPS) is 19.1. The van der Waals surface area contributed by atoms with Gasteiger partial charge in [-0.15, -0.1) is 5.10 Å². The van der Waals surface area contributed by atoms with E-state index in [4.69, 9.17) is 14.4 Å². The average molecular weight is 634 g/mol. The van der Waals surface area contributed by atoms with Crippen molar-refractivity contribution in [2.24, 2.45) is 11.3 Å². The summed E-state index contributed by atoms with van der Waals surface area (Å²) in [6.45, 7) is 7.89. The number of carbonyl (C=O) groups excluding carboxylic acids is 1. The molecule has 1 unspecified atom stereocenters. The van der Waals surface area contributed by atoms with Gasteiger partial charge in [0.2, 0.25) is 15.9 Å². The van der Waals surface area contributed by atoms with Gasteiger partial charge >= 0.3 is 13.2 Å². The molecular formula is C29H35BF3N5O5S. The molecule has 0 amide bonds. The Balaban J connectivity index is 1.46. The second kappa shape index (κ2) is 11.7. The number of halogens is 3. The van der Waals surface area contributed by atoms with E-state index in [1.54, 1.807) is 42.6 Å². The molecule has 1 N–H and O–H groups in total. The van der Waals surface area contributed by atoms with Gasteiger partial charge in [0.15, 0.2) is 5.82 Å². The molecule has 5 rings (SSSR count). The van der Waals surface area contributed by atoms with Crippen LogP contribution >= 0.6 is 0 Å². The summed E-state index contributed by atoms with van der Waals surface area (Å²) in [4.78, 5) is 19.1. The van der Waals surface area contributed by atoms with Crippen LogP contribution in [0.3, 0.4) is 0 Å². The fraction of sp³-hybridized carbons (Fsp3) is 0.483. The van der Waals surface area contributed by atoms with Crippen molar-refractivity contribution in [2.75, 3.05) is 18.1 Å². The summed E-state index contributed by atoms with van der Waals surface area (Å²) in [5, 5.41) is 4.36. The van der Waals surface area contributed by atoms with Crippen molar-refractivity contribution >= 4 is 34.3 Å². The molecule has 44 heavy (non-hydrogen) atoms. The molecule has 2 aromatic heterocycles. The number of rotatable bonds is 11. The van der Waals surface area contributed by atoms with Gasteiger partial charge in [-0.05, 0) is 63.6 Å². The summed E-state index contributed by atoms with van der Waals surface area (Å²) < 4.78 is 81.4. The predicted molar refractivity (Wildman–Crippen MR) is 158 cm³/mol. The molecule has 1 atom stereocenters. The van der Waals surface area contributed by atoms with Crippen molar-refractivity contribution in [3.63, 3.8) is 0 Å². The van der Waals surface area contributed by atoms with Crippen LogP contribution in [0, 0.1) is 11.3 Å². The van der Waals surface area contributed by atoms with Gasteiger partial charge in [0.1, 0.15) is 5.82 Å². The number of sulfonamides is 1. The molecule has 0 radical (unpaired) electrons. The van der Waals surface area contributed by atoms with Gasteiger partial charge in [-0.25, -0.2) is 22.7 Å². The topological polar surface area (TPSA) is 116 Å². The van der Waals surface area contributed by atoms with Crippen LogP contribution in [-0.2, 0) is 19.5 Å². The third-order valence-electron chi connectivity index (χ3n) is 8.19. The van der Waals surface area contributed by atoms with Crippen molar-refractivity contribution in [1.82, 2.24) is 19.4 Å². The minimum absolute atomic E-state index is 0.00492. The van der Waals surface area contributed by atoms with E-state index in [1.807, 2.05) is 0 Å². The number of alkyl halides is 3. The van der Waals surface area contributed by atoms with Crippen LogP contribution in [0.5, 0.6) is 5.88 Å². The smallest absolute Gasteiger partial charge is 0.502 e. The molecule has 0 spiro atoms. The Kier molecular flexibility index (Phi) is 8.49. The van der Waals surface area contributed by atoms with Crippen LogP contribution in [0.25, 0.3) is 5.82 Å². The lowest BCUT2D eigenvalue weighted by Gasteiger charge is -2.34. The zero-order valence-corrected chi connectivity index (χ0v) is 25.8. The van der Waals surface area contributed by atoms with Crippen molar-refractivity contribution in [3.8, 4) is 11.7 Å². The van der Waals surface area contributed by atoms with Gasteiger partial charge in [-0.3, -0.25) is 4.79 Å². The highest BCUT2D eigenvalue weighted by molar-refractivity contribution is 7.90. The highest BCUT2D eigenvalue weighted by atomic mass is 32.2. The summed E-state index contributed by atoms with van der Waals surface area (Å²) in [5.74, 6) is 0.516. The Morgan fingerprint density at radius 1 is 1.14 bits per heavy atom. The maximum Gasteiger partial charge on any atom is 0.502 e. The molecule has 1 aliphatic carbocycles. The predicted octanol–water partition coefficient (Wildman–Crippen LogP) is 4.24. The molecule has 0 bridgehead atoms. The molecule has 1 saturated carbocycles. The van der Waals surface area contributed by atoms with Crippen LogP contribution in [0.2, 0.25) is 0 Å². The van der Waals surface area contributed by atoms with Gasteiger partial charge in [0, 0.05) is 36.7 Å². The molecule has 1 aromatic carbocycles. The Labute approximate surface area is 255 Å². The van der Waals surface area contributed by atoms with Gasteiger partial charge in [0.05, 0.1) is 16.9 Å². The first kappa shape index (κ1) is 31.8. The molecule has 236 valence electrons. The maximum absolute atomic E-state index is 13.3. The quantitative estimate of drug-likeness (QED) is 0.312. The Hall–Kier alpha value is -3.59. The number of nitrogens with zero attached hydrogens (tertiary/aromatic N) is 4. The van der Waals surface area contributed by atoms with E-state index in [-0.39, 0.29) is 42.2 Å². The van der Waals surface area contributed by atoms with E-state index < -0.39 is 34.6 Å². The van der Waals surface area contributed by atoms with Crippen molar-refractivity contribution in [1.29, 1.82) is 0 Å². The molecule has 2 aliphatic rings. The number of benzene rings is 1. The number of hydrogen-bond donors (Lipinski definition) is 1. The average Bonchev–Trinajstić information content (AvgIpc) is 3.51. The largest absolute Gasteiger partial charge is 0.515 e. The van der Waals surface area contributed by atoms with E-state index in [0.717, 1.165) is 6.42 Å².